The Morgan fingerprint density at radius 3 is 0.779 bits per heavy atom. The molecular weight excluding hydrogens is 1130 g/mol. The lowest BCUT2D eigenvalue weighted by Crippen LogP contribution is -2.10. The predicted molar refractivity (Wildman–Crippen MR) is 312 cm³/mol. The van der Waals surface area contributed by atoms with Gasteiger partial charge < -0.3 is 90.9 Å². The molecule has 25 heteroatoms. The van der Waals surface area contributed by atoms with Gasteiger partial charge in [0.25, 0.3) is 0 Å². The van der Waals surface area contributed by atoms with Crippen LogP contribution in [0.1, 0.15) is 7.43 Å². The van der Waals surface area contributed by atoms with Crippen LogP contribution in [0.5, 0.6) is 69.0 Å². The van der Waals surface area contributed by atoms with Crippen LogP contribution in [0.25, 0.3) is 66.9 Å². The van der Waals surface area contributed by atoms with Gasteiger partial charge in [0.15, 0.2) is 70.6 Å². The molecule has 454 valence electrons. The fourth-order valence-electron chi connectivity index (χ4n) is 8.25. The Morgan fingerprint density at radius 2 is 0.570 bits per heavy atom. The van der Waals surface area contributed by atoms with Crippen molar-refractivity contribution in [3.05, 3.63) is 140 Å². The number of methoxy groups -OCH3 is 9. The minimum Gasteiger partial charge on any atom is -0.496 e. The van der Waals surface area contributed by atoms with Gasteiger partial charge in [0, 0.05) is 71.3 Å². The van der Waals surface area contributed by atoms with Crippen LogP contribution in [0, 0.1) is 0 Å². The van der Waals surface area contributed by atoms with E-state index in [4.69, 9.17) is 85.4 Å². The maximum atomic E-state index is 12.7. The SMILES string of the molecule is C.COc1ccc(-c2cc(=O)c3c(OC)cc(OCC(=O)O)cc3o2)cc1OC.COc1ccc(-c2cc(=O)c3c(OC)cc(OCC(=O)O)cc3o2)cc1OC.COc1ccc(-c2cc(=O)c3c(OC)cc(OCC(=O)O)cc3o2)cc1OC.O. The molecule has 5 N–H and O–H groups in total. The lowest BCUT2D eigenvalue weighted by molar-refractivity contribution is -0.140. The van der Waals surface area contributed by atoms with Crippen molar-refractivity contribution in [3.8, 4) is 103 Å². The molecule has 86 heavy (non-hydrogen) atoms. The van der Waals surface area contributed by atoms with Crippen LogP contribution in [0.15, 0.2) is 137 Å². The minimum absolute atomic E-state index is 0. The van der Waals surface area contributed by atoms with Crippen LogP contribution >= 0.6 is 0 Å². The highest BCUT2D eigenvalue weighted by molar-refractivity contribution is 5.89. The molecule has 0 aliphatic heterocycles. The number of carboxylic acids is 3. The molecule has 0 aliphatic rings. The van der Waals surface area contributed by atoms with Gasteiger partial charge in [-0.25, -0.2) is 14.4 Å². The zero-order chi connectivity index (χ0) is 60.8. The van der Waals surface area contributed by atoms with Gasteiger partial charge in [-0.15, -0.1) is 0 Å². The van der Waals surface area contributed by atoms with Crippen LogP contribution in [-0.2, 0) is 14.4 Å². The Kier molecular flexibility index (Phi) is 22.7. The molecule has 0 saturated heterocycles. The summed E-state index contributed by atoms with van der Waals surface area (Å²) in [4.78, 5) is 70.3. The van der Waals surface area contributed by atoms with Crippen LogP contribution in [0.3, 0.4) is 0 Å². The van der Waals surface area contributed by atoms with E-state index in [9.17, 15) is 28.8 Å². The molecule has 0 spiro atoms. The number of ether oxygens (including phenoxy) is 12. The number of rotatable bonds is 21. The van der Waals surface area contributed by atoms with Crippen LogP contribution in [-0.4, -0.2) is 123 Å². The third kappa shape index (κ3) is 15.3. The first-order valence-corrected chi connectivity index (χ1v) is 24.6. The van der Waals surface area contributed by atoms with Gasteiger partial charge in [-0.05, 0) is 54.6 Å². The Balaban J connectivity index is 0.000000233. The number of hydrogen-bond donors (Lipinski definition) is 3. The Morgan fingerprint density at radius 1 is 0.337 bits per heavy atom. The van der Waals surface area contributed by atoms with E-state index in [0.717, 1.165) is 0 Å². The first kappa shape index (κ1) is 65.7. The predicted octanol–water partition coefficient (Wildman–Crippen LogP) is 8.66. The van der Waals surface area contributed by atoms with E-state index >= 15 is 0 Å². The van der Waals surface area contributed by atoms with Crippen LogP contribution < -0.4 is 73.1 Å². The van der Waals surface area contributed by atoms with Crippen molar-refractivity contribution < 1.29 is 105 Å². The fraction of sp³-hybridized carbons (Fsp3) is 0.213. The second kappa shape index (κ2) is 29.8. The first-order chi connectivity index (χ1) is 40.4. The molecule has 0 amide bonds. The third-order valence-electron chi connectivity index (χ3n) is 12.1. The Hall–Kier alpha value is -11.1. The molecule has 0 radical (unpaired) electrons. The van der Waals surface area contributed by atoms with E-state index in [2.05, 4.69) is 0 Å². The Bertz CT molecular complexity index is 3670. The highest BCUT2D eigenvalue weighted by Crippen LogP contribution is 2.39. The lowest BCUT2D eigenvalue weighted by atomic mass is 10.1. The van der Waals surface area contributed by atoms with E-state index in [1.165, 1.54) is 119 Å². The summed E-state index contributed by atoms with van der Waals surface area (Å²) in [5.41, 5.74) is 1.49. The smallest absolute Gasteiger partial charge is 0.341 e. The molecular formula is C61H60O25. The summed E-state index contributed by atoms with van der Waals surface area (Å²) in [6.45, 7) is -1.60. The molecule has 9 rings (SSSR count). The monoisotopic (exact) mass is 1190 g/mol. The van der Waals surface area contributed by atoms with Gasteiger partial charge in [0.2, 0.25) is 0 Å². The van der Waals surface area contributed by atoms with E-state index in [-0.39, 0.29) is 96.6 Å². The summed E-state index contributed by atoms with van der Waals surface area (Å²) >= 11 is 0. The van der Waals surface area contributed by atoms with Crippen LogP contribution in [0.4, 0.5) is 0 Å². The average molecular weight is 1190 g/mol. The second-order valence-electron chi connectivity index (χ2n) is 17.2. The number of carboxylic acid groups (broad SMARTS) is 3. The molecule has 0 fully saturated rings. The van der Waals surface area contributed by atoms with Gasteiger partial charge in [0.1, 0.15) is 84.7 Å². The highest BCUT2D eigenvalue weighted by Gasteiger charge is 2.20. The van der Waals surface area contributed by atoms with E-state index in [0.29, 0.717) is 68.5 Å². The third-order valence-corrected chi connectivity index (χ3v) is 12.1. The maximum absolute atomic E-state index is 12.7. The summed E-state index contributed by atoms with van der Waals surface area (Å²) < 4.78 is 80.5. The quantitative estimate of drug-likeness (QED) is 0.0605. The van der Waals surface area contributed by atoms with Crippen molar-refractivity contribution in [1.82, 2.24) is 0 Å². The first-order valence-electron chi connectivity index (χ1n) is 24.6. The number of hydrogen-bond acceptors (Lipinski definition) is 21. The zero-order valence-corrected chi connectivity index (χ0v) is 46.9. The largest absolute Gasteiger partial charge is 0.496 e. The van der Waals surface area contributed by atoms with Crippen molar-refractivity contribution in [2.45, 2.75) is 7.43 Å². The molecule has 0 saturated carbocycles. The van der Waals surface area contributed by atoms with Crippen molar-refractivity contribution in [3.63, 3.8) is 0 Å². The standard InChI is InChI=1S/3C20H18O8.CH4.H2O/c3*1-24-14-5-4-11(6-16(14)25-2)15-9-13(21)20-17(26-3)7-12(8-18(20)28-15)27-10-19(22)23;;/h3*4-9H,10H2,1-3H3,(H,22,23);1H4;1H2. The lowest BCUT2D eigenvalue weighted by Gasteiger charge is -2.11. The number of carbonyl (C=O) groups is 3. The summed E-state index contributed by atoms with van der Waals surface area (Å²) in [7, 11) is 13.3. The zero-order valence-electron chi connectivity index (χ0n) is 46.9. The van der Waals surface area contributed by atoms with Crippen molar-refractivity contribution >= 4 is 50.8 Å². The molecule has 3 aromatic heterocycles. The number of aliphatic carboxylic acids is 3. The highest BCUT2D eigenvalue weighted by atomic mass is 16.5. The topological polar surface area (TPSA) is 345 Å². The van der Waals surface area contributed by atoms with Crippen molar-refractivity contribution in [1.29, 1.82) is 0 Å². The molecule has 9 aromatic rings. The number of benzene rings is 6. The average Bonchev–Trinajstić information content (AvgIpc) is 2.38. The molecule has 0 atom stereocenters. The van der Waals surface area contributed by atoms with Crippen LogP contribution in [0.2, 0.25) is 0 Å². The molecule has 0 bridgehead atoms. The molecule has 0 aliphatic carbocycles. The summed E-state index contributed by atoms with van der Waals surface area (Å²) in [6.07, 6.45) is 0. The summed E-state index contributed by atoms with van der Waals surface area (Å²) in [5.74, 6) is 1.92. The number of fused-ring (bicyclic) bond motifs is 3. The van der Waals surface area contributed by atoms with Gasteiger partial charge >= 0.3 is 17.9 Å². The Labute approximate surface area is 488 Å². The van der Waals surface area contributed by atoms with E-state index < -0.39 is 37.7 Å². The van der Waals surface area contributed by atoms with Gasteiger partial charge in [-0.3, -0.25) is 14.4 Å². The minimum atomic E-state index is -1.13. The van der Waals surface area contributed by atoms with E-state index in [1.807, 2.05) is 0 Å². The second-order valence-corrected chi connectivity index (χ2v) is 17.2. The summed E-state index contributed by atoms with van der Waals surface area (Å²) in [6, 6.07) is 28.1. The van der Waals surface area contributed by atoms with Gasteiger partial charge in [-0.2, -0.15) is 0 Å². The fourth-order valence-corrected chi connectivity index (χ4v) is 8.25. The van der Waals surface area contributed by atoms with E-state index in [1.54, 1.807) is 54.6 Å². The van der Waals surface area contributed by atoms with Crippen molar-refractivity contribution in [2.75, 3.05) is 83.8 Å². The van der Waals surface area contributed by atoms with Gasteiger partial charge in [-0.1, -0.05) is 7.43 Å². The molecule has 3 heterocycles. The molecule has 25 nitrogen and oxygen atoms in total. The maximum Gasteiger partial charge on any atom is 0.341 e. The molecule has 0 unspecified atom stereocenters. The molecule has 6 aromatic carbocycles. The van der Waals surface area contributed by atoms with Gasteiger partial charge in [0.05, 0.1) is 64.0 Å². The summed E-state index contributed by atoms with van der Waals surface area (Å²) in [5, 5.41) is 27.1. The normalized spacial score (nSPS) is 10.3. The van der Waals surface area contributed by atoms with Crippen molar-refractivity contribution in [2.24, 2.45) is 0 Å².